The van der Waals surface area contributed by atoms with E-state index in [-0.39, 0.29) is 18.5 Å². The zero-order chi connectivity index (χ0) is 5.98. The summed E-state index contributed by atoms with van der Waals surface area (Å²) < 4.78 is 0. The third kappa shape index (κ3) is 3.04. The van der Waals surface area contributed by atoms with Crippen molar-refractivity contribution >= 4 is 12.4 Å². The minimum atomic E-state index is -0.0613. The molecule has 1 rings (SSSR count). The van der Waals surface area contributed by atoms with Crippen LogP contribution in [0.5, 0.6) is 0 Å². The number of nitrogens with zero attached hydrogens (tertiary/aromatic N) is 1. The van der Waals surface area contributed by atoms with Crippen molar-refractivity contribution in [2.24, 2.45) is 0 Å². The zero-order valence-corrected chi connectivity index (χ0v) is 6.52. The number of likely N-dealkylation sites (N-methyl/N-ethyl adjacent to an activating group) is 1. The Kier molecular flexibility index (Phi) is 4.19. The Bertz CT molecular complexity index is 71.5. The van der Waals surface area contributed by atoms with Crippen LogP contribution < -0.4 is 0 Å². The molecule has 0 amide bonds. The molecule has 1 aliphatic heterocycles. The predicted molar refractivity (Wildman–Crippen MR) is 40.0 cm³/mol. The van der Waals surface area contributed by atoms with Gasteiger partial charge in [0.1, 0.15) is 0 Å². The molecule has 1 fully saturated rings. The van der Waals surface area contributed by atoms with E-state index in [1.165, 1.54) is 0 Å². The lowest BCUT2D eigenvalue weighted by Crippen LogP contribution is -2.34. The second-order valence-electron chi connectivity index (χ2n) is 2.56. The summed E-state index contributed by atoms with van der Waals surface area (Å²) in [6, 6.07) is 0. The fraction of sp³-hybridized carbons (Fsp3) is 1.00. The molecule has 1 aliphatic rings. The molecule has 0 aromatic carbocycles. The maximum atomic E-state index is 9.04. The predicted octanol–water partition coefficient (Wildman–Crippen LogP) is 0.495. The number of piperidine rings is 1. The van der Waals surface area contributed by atoms with Crippen LogP contribution in [0, 0.1) is 0 Å². The van der Waals surface area contributed by atoms with Crippen molar-refractivity contribution in [1.82, 2.24) is 4.90 Å². The Hall–Kier alpha value is 0.210. The maximum Gasteiger partial charge on any atom is 0.0667 e. The van der Waals surface area contributed by atoms with Gasteiger partial charge in [-0.25, -0.2) is 0 Å². The number of aliphatic hydroxyl groups is 1. The second kappa shape index (κ2) is 4.09. The minimum absolute atomic E-state index is 0. The number of halogens is 1. The first kappa shape index (κ1) is 9.21. The van der Waals surface area contributed by atoms with Crippen molar-refractivity contribution in [2.45, 2.75) is 18.9 Å². The average Bonchev–Trinajstić information content (AvgIpc) is 1.64. The number of likely N-dealkylation sites (tertiary alicyclic amines) is 1. The van der Waals surface area contributed by atoms with Crippen LogP contribution in [-0.2, 0) is 0 Å². The van der Waals surface area contributed by atoms with Gasteiger partial charge in [-0.2, -0.15) is 0 Å². The van der Waals surface area contributed by atoms with Gasteiger partial charge < -0.3 is 10.0 Å². The lowest BCUT2D eigenvalue weighted by atomic mass is 10.1. The largest absolute Gasteiger partial charge is 0.392 e. The molecule has 0 spiro atoms. The maximum absolute atomic E-state index is 9.04. The van der Waals surface area contributed by atoms with Gasteiger partial charge in [-0.1, -0.05) is 0 Å². The summed E-state index contributed by atoms with van der Waals surface area (Å²) in [5.74, 6) is 0. The van der Waals surface area contributed by atoms with E-state index in [9.17, 15) is 0 Å². The quantitative estimate of drug-likeness (QED) is 0.545. The van der Waals surface area contributed by atoms with Crippen molar-refractivity contribution in [3.05, 3.63) is 0 Å². The van der Waals surface area contributed by atoms with Crippen molar-refractivity contribution in [2.75, 3.05) is 20.1 Å². The molecule has 0 aliphatic carbocycles. The van der Waals surface area contributed by atoms with Crippen LogP contribution in [0.4, 0.5) is 0 Å². The van der Waals surface area contributed by atoms with E-state index >= 15 is 0 Å². The Morgan fingerprint density at radius 2 is 2.22 bits per heavy atom. The van der Waals surface area contributed by atoms with E-state index in [1.807, 2.05) is 7.05 Å². The van der Waals surface area contributed by atoms with Crippen LogP contribution in [0.15, 0.2) is 0 Å². The van der Waals surface area contributed by atoms with Crippen LogP contribution >= 0.6 is 12.4 Å². The molecule has 1 saturated heterocycles. The summed E-state index contributed by atoms with van der Waals surface area (Å²) in [7, 11) is 2.04. The van der Waals surface area contributed by atoms with Gasteiger partial charge in [0.25, 0.3) is 0 Å². The molecule has 1 atom stereocenters. The summed E-state index contributed by atoms with van der Waals surface area (Å²) in [5.41, 5.74) is 0. The molecule has 0 aromatic rings. The number of hydrogen-bond acceptors (Lipinski definition) is 2. The molecule has 0 aromatic heterocycles. The van der Waals surface area contributed by atoms with E-state index in [0.29, 0.717) is 0 Å². The third-order valence-electron chi connectivity index (χ3n) is 1.60. The summed E-state index contributed by atoms with van der Waals surface area (Å²) >= 11 is 0. The molecule has 0 saturated carbocycles. The Morgan fingerprint density at radius 3 is 2.56 bits per heavy atom. The Labute approximate surface area is 62.3 Å². The van der Waals surface area contributed by atoms with Gasteiger partial charge in [-0.3, -0.25) is 0 Å². The molecule has 1 N–H and O–H groups in total. The summed E-state index contributed by atoms with van der Waals surface area (Å²) in [6.07, 6.45) is 2.08. The topological polar surface area (TPSA) is 23.5 Å². The van der Waals surface area contributed by atoms with Gasteiger partial charge >= 0.3 is 0 Å². The fourth-order valence-electron chi connectivity index (χ4n) is 1.14. The molecular formula is C6H14ClNO. The second-order valence-corrected chi connectivity index (χ2v) is 2.56. The van der Waals surface area contributed by atoms with E-state index < -0.39 is 0 Å². The highest BCUT2D eigenvalue weighted by Crippen LogP contribution is 2.06. The number of β-amino-alcohol motifs (C(OH)–C–C–N with tert-alkyl or cyclic N) is 1. The van der Waals surface area contributed by atoms with Crippen molar-refractivity contribution in [3.63, 3.8) is 0 Å². The van der Waals surface area contributed by atoms with Gasteiger partial charge in [0.05, 0.1) is 6.10 Å². The SMILES string of the molecule is CN1CCCC(O)C1.Cl. The van der Waals surface area contributed by atoms with Gasteiger partial charge in [0, 0.05) is 6.54 Å². The molecular weight excluding hydrogens is 138 g/mol. The first-order valence-corrected chi connectivity index (χ1v) is 3.15. The van der Waals surface area contributed by atoms with Crippen molar-refractivity contribution in [1.29, 1.82) is 0 Å². The van der Waals surface area contributed by atoms with E-state index in [4.69, 9.17) is 5.11 Å². The average molecular weight is 152 g/mol. The molecule has 2 nitrogen and oxygen atoms in total. The van der Waals surface area contributed by atoms with Crippen LogP contribution in [0.25, 0.3) is 0 Å². The lowest BCUT2D eigenvalue weighted by Gasteiger charge is -2.25. The van der Waals surface area contributed by atoms with Crippen LogP contribution in [0.1, 0.15) is 12.8 Å². The molecule has 56 valence electrons. The van der Waals surface area contributed by atoms with Crippen molar-refractivity contribution in [3.8, 4) is 0 Å². The van der Waals surface area contributed by atoms with E-state index in [2.05, 4.69) is 4.90 Å². The Balaban J connectivity index is 0.000000640. The van der Waals surface area contributed by atoms with E-state index in [1.54, 1.807) is 0 Å². The molecule has 3 heteroatoms. The third-order valence-corrected chi connectivity index (χ3v) is 1.60. The minimum Gasteiger partial charge on any atom is -0.392 e. The molecule has 0 radical (unpaired) electrons. The normalized spacial score (nSPS) is 29.3. The molecule has 1 unspecified atom stereocenters. The van der Waals surface area contributed by atoms with Gasteiger partial charge in [0.15, 0.2) is 0 Å². The number of hydrogen-bond donors (Lipinski definition) is 1. The summed E-state index contributed by atoms with van der Waals surface area (Å²) in [5, 5.41) is 9.04. The lowest BCUT2D eigenvalue weighted by molar-refractivity contribution is 0.0846. The van der Waals surface area contributed by atoms with Crippen LogP contribution in [0.2, 0.25) is 0 Å². The summed E-state index contributed by atoms with van der Waals surface area (Å²) in [4.78, 5) is 2.16. The standard InChI is InChI=1S/C6H13NO.ClH/c1-7-4-2-3-6(8)5-7;/h6,8H,2-5H2,1H3;1H. The van der Waals surface area contributed by atoms with Gasteiger partial charge in [-0.05, 0) is 26.4 Å². The monoisotopic (exact) mass is 151 g/mol. The highest BCUT2D eigenvalue weighted by Gasteiger charge is 2.12. The Morgan fingerprint density at radius 1 is 1.56 bits per heavy atom. The highest BCUT2D eigenvalue weighted by atomic mass is 35.5. The summed E-state index contributed by atoms with van der Waals surface area (Å²) in [6.45, 7) is 2.01. The fourth-order valence-corrected chi connectivity index (χ4v) is 1.14. The first-order chi connectivity index (χ1) is 3.79. The highest BCUT2D eigenvalue weighted by molar-refractivity contribution is 5.85. The smallest absolute Gasteiger partial charge is 0.0667 e. The number of rotatable bonds is 0. The molecule has 0 bridgehead atoms. The van der Waals surface area contributed by atoms with Crippen LogP contribution in [-0.4, -0.2) is 36.2 Å². The first-order valence-electron chi connectivity index (χ1n) is 3.15. The molecule has 9 heavy (non-hydrogen) atoms. The van der Waals surface area contributed by atoms with Crippen LogP contribution in [0.3, 0.4) is 0 Å². The number of aliphatic hydroxyl groups excluding tert-OH is 1. The molecule has 1 heterocycles. The van der Waals surface area contributed by atoms with Crippen molar-refractivity contribution < 1.29 is 5.11 Å². The van der Waals surface area contributed by atoms with Gasteiger partial charge in [0.2, 0.25) is 0 Å². The van der Waals surface area contributed by atoms with Gasteiger partial charge in [-0.15, -0.1) is 12.4 Å². The zero-order valence-electron chi connectivity index (χ0n) is 5.71. The van der Waals surface area contributed by atoms with E-state index in [0.717, 1.165) is 25.9 Å².